The van der Waals surface area contributed by atoms with Crippen molar-refractivity contribution in [1.82, 2.24) is 0 Å². The average molecular weight is 477 g/mol. The third kappa shape index (κ3) is 6.49. The lowest BCUT2D eigenvalue weighted by atomic mass is 10.1. The van der Waals surface area contributed by atoms with Crippen molar-refractivity contribution in [2.75, 3.05) is 18.0 Å². The van der Waals surface area contributed by atoms with Crippen LogP contribution in [0.1, 0.15) is 24.5 Å². The Morgan fingerprint density at radius 1 is 1.17 bits per heavy atom. The van der Waals surface area contributed by atoms with Gasteiger partial charge in [-0.3, -0.25) is 4.79 Å². The Kier molecular flexibility index (Phi) is 9.53. The van der Waals surface area contributed by atoms with E-state index in [0.29, 0.717) is 40.0 Å². The van der Waals surface area contributed by atoms with Crippen LogP contribution in [-0.4, -0.2) is 29.5 Å². The number of amides is 1. The van der Waals surface area contributed by atoms with Crippen molar-refractivity contribution in [2.45, 2.75) is 24.8 Å². The normalized spacial score (nSPS) is 11.6. The van der Waals surface area contributed by atoms with Gasteiger partial charge in [0.15, 0.2) is 4.84 Å². The van der Waals surface area contributed by atoms with Crippen LogP contribution in [0, 0.1) is 0 Å². The molecular weight excluding hydrogens is 456 g/mol. The van der Waals surface area contributed by atoms with Crippen LogP contribution in [0.15, 0.2) is 47.6 Å². The van der Waals surface area contributed by atoms with Crippen LogP contribution in [0.25, 0.3) is 0 Å². The Balaban J connectivity index is 2.17. The van der Waals surface area contributed by atoms with Crippen molar-refractivity contribution in [2.24, 2.45) is 10.9 Å². The molecule has 0 fully saturated rings. The molecule has 1 amide bonds. The second-order valence-corrected chi connectivity index (χ2v) is 7.92. The third-order valence-corrected chi connectivity index (χ3v) is 5.02. The molecule has 2 N–H and O–H groups in total. The van der Waals surface area contributed by atoms with Gasteiger partial charge in [-0.2, -0.15) is 0 Å². The van der Waals surface area contributed by atoms with Gasteiger partial charge in [-0.15, -0.1) is 0 Å². The monoisotopic (exact) mass is 475 g/mol. The van der Waals surface area contributed by atoms with Gasteiger partial charge in [0.05, 0.1) is 15.8 Å². The van der Waals surface area contributed by atoms with E-state index in [-0.39, 0.29) is 13.2 Å². The molecule has 2 aromatic carbocycles. The van der Waals surface area contributed by atoms with E-state index in [1.54, 1.807) is 36.4 Å². The predicted molar refractivity (Wildman–Crippen MR) is 121 cm³/mol. The number of halogens is 4. The van der Waals surface area contributed by atoms with Crippen LogP contribution < -0.4 is 10.6 Å². The highest BCUT2D eigenvalue weighted by Crippen LogP contribution is 2.26. The fourth-order valence-electron chi connectivity index (χ4n) is 2.67. The molecule has 0 saturated heterocycles. The second kappa shape index (κ2) is 11.6. The molecule has 156 valence electrons. The Morgan fingerprint density at radius 2 is 1.83 bits per heavy atom. The lowest BCUT2D eigenvalue weighted by Crippen LogP contribution is -2.38. The minimum atomic E-state index is -1.17. The molecule has 0 atom stereocenters. The highest BCUT2D eigenvalue weighted by molar-refractivity contribution is 6.54. The van der Waals surface area contributed by atoms with Crippen LogP contribution in [0.4, 0.5) is 5.69 Å². The maximum Gasteiger partial charge on any atom is 0.260 e. The molecular formula is C20H21Cl4N3O2. The van der Waals surface area contributed by atoms with Gasteiger partial charge in [0.1, 0.15) is 6.61 Å². The number of rotatable bonds is 9. The largest absolute Gasteiger partial charge is 0.391 e. The summed E-state index contributed by atoms with van der Waals surface area (Å²) in [4.78, 5) is 18.0. The molecule has 0 aliphatic rings. The molecule has 0 unspecified atom stereocenters. The average Bonchev–Trinajstić information content (AvgIpc) is 2.70. The summed E-state index contributed by atoms with van der Waals surface area (Å²) >= 11 is 24.0. The molecule has 0 bridgehead atoms. The molecule has 5 nitrogen and oxygen atoms in total. The smallest absolute Gasteiger partial charge is 0.260 e. The molecule has 0 saturated carbocycles. The number of alkyl halides is 2. The number of anilines is 1. The first-order chi connectivity index (χ1) is 13.9. The lowest BCUT2D eigenvalue weighted by molar-refractivity contribution is -0.117. The number of nitrogens with two attached hydrogens (primary N) is 1. The fourth-order valence-corrected chi connectivity index (χ4v) is 3.52. The first-order valence-electron chi connectivity index (χ1n) is 8.90. The van der Waals surface area contributed by atoms with E-state index in [0.717, 1.165) is 5.56 Å². The Bertz CT molecular complexity index is 854. The minimum Gasteiger partial charge on any atom is -0.391 e. The van der Waals surface area contributed by atoms with Gasteiger partial charge >= 0.3 is 0 Å². The fraction of sp³-hybridized carbons (Fsp3) is 0.300. The molecule has 9 heteroatoms. The number of carbonyl (C=O) groups excluding carboxylic acids is 1. The van der Waals surface area contributed by atoms with Crippen LogP contribution in [0.2, 0.25) is 10.0 Å². The Morgan fingerprint density at radius 3 is 2.41 bits per heavy atom. The van der Waals surface area contributed by atoms with Crippen molar-refractivity contribution in [3.8, 4) is 0 Å². The number of hydrogen-bond acceptors (Lipinski definition) is 4. The van der Waals surface area contributed by atoms with E-state index in [9.17, 15) is 4.79 Å². The predicted octanol–water partition coefficient (Wildman–Crippen LogP) is 5.42. The number of oxime groups is 1. The quantitative estimate of drug-likeness (QED) is 0.298. The topological polar surface area (TPSA) is 67.9 Å². The number of carbonyl (C=O) groups is 1. The number of hydrogen-bond donors (Lipinski definition) is 1. The zero-order valence-corrected chi connectivity index (χ0v) is 18.8. The van der Waals surface area contributed by atoms with Gasteiger partial charge in [-0.25, -0.2) is 0 Å². The number of nitrogens with zero attached hydrogens (tertiary/aromatic N) is 2. The first kappa shape index (κ1) is 23.8. The summed E-state index contributed by atoms with van der Waals surface area (Å²) in [6.07, 6.45) is 0.592. The second-order valence-electron chi connectivity index (χ2n) is 6.01. The summed E-state index contributed by atoms with van der Waals surface area (Å²) in [5.74, 6) is -0.434. The summed E-state index contributed by atoms with van der Waals surface area (Å²) in [6, 6.07) is 12.5. The van der Waals surface area contributed by atoms with E-state index in [4.69, 9.17) is 57.0 Å². The zero-order chi connectivity index (χ0) is 21.4. The molecule has 0 radical (unpaired) electrons. The third-order valence-electron chi connectivity index (χ3n) is 4.02. The lowest BCUT2D eigenvalue weighted by Gasteiger charge is -2.23. The number of benzene rings is 2. The van der Waals surface area contributed by atoms with E-state index in [1.165, 1.54) is 4.90 Å². The molecule has 29 heavy (non-hydrogen) atoms. The molecule has 2 rings (SSSR count). The standard InChI is InChI=1S/C20H21Cl4N3O2/c1-2-17(18-15(21)7-4-8-16(18)22)26-29-12-13-5-3-6-14(11-13)27(10-9-25)20(28)19(23)24/h3-8,11,19H,2,9-10,12,25H2,1H3/b26-17+. The van der Waals surface area contributed by atoms with Crippen molar-refractivity contribution < 1.29 is 9.63 Å². The summed E-state index contributed by atoms with van der Waals surface area (Å²) < 4.78 is 0. The van der Waals surface area contributed by atoms with Crippen molar-refractivity contribution in [3.63, 3.8) is 0 Å². The Hall–Kier alpha value is -1.50. The van der Waals surface area contributed by atoms with E-state index < -0.39 is 10.7 Å². The molecule has 2 aromatic rings. The first-order valence-corrected chi connectivity index (χ1v) is 10.5. The zero-order valence-electron chi connectivity index (χ0n) is 15.7. The SMILES string of the molecule is CC/C(=N\OCc1cccc(N(CCN)C(=O)C(Cl)Cl)c1)c1c(Cl)cccc1Cl. The van der Waals surface area contributed by atoms with E-state index in [2.05, 4.69) is 5.16 Å². The minimum absolute atomic E-state index is 0.190. The molecule has 0 aliphatic carbocycles. The highest BCUT2D eigenvalue weighted by Gasteiger charge is 2.21. The molecule has 0 heterocycles. The summed E-state index contributed by atoms with van der Waals surface area (Å²) in [5, 5.41) is 5.23. The van der Waals surface area contributed by atoms with Crippen LogP contribution in [0.3, 0.4) is 0 Å². The van der Waals surface area contributed by atoms with E-state index in [1.807, 2.05) is 13.0 Å². The van der Waals surface area contributed by atoms with Gasteiger partial charge in [-0.1, -0.05) is 76.7 Å². The van der Waals surface area contributed by atoms with Gasteiger partial charge in [-0.05, 0) is 36.2 Å². The van der Waals surface area contributed by atoms with Crippen molar-refractivity contribution in [3.05, 3.63) is 63.6 Å². The maximum absolute atomic E-state index is 12.2. The summed E-state index contributed by atoms with van der Waals surface area (Å²) in [5.41, 5.74) is 8.34. The van der Waals surface area contributed by atoms with Gasteiger partial charge < -0.3 is 15.5 Å². The van der Waals surface area contributed by atoms with Crippen molar-refractivity contribution in [1.29, 1.82) is 0 Å². The van der Waals surface area contributed by atoms with Crippen LogP contribution in [-0.2, 0) is 16.2 Å². The molecule has 0 spiro atoms. The Labute approximate surface area is 190 Å². The van der Waals surface area contributed by atoms with E-state index >= 15 is 0 Å². The summed E-state index contributed by atoms with van der Waals surface area (Å²) in [6.45, 7) is 2.70. The van der Waals surface area contributed by atoms with Crippen molar-refractivity contribution >= 4 is 63.7 Å². The summed E-state index contributed by atoms with van der Waals surface area (Å²) in [7, 11) is 0. The van der Waals surface area contributed by atoms with Crippen LogP contribution in [0.5, 0.6) is 0 Å². The van der Waals surface area contributed by atoms with Gasteiger partial charge in [0, 0.05) is 24.3 Å². The highest BCUT2D eigenvalue weighted by atomic mass is 35.5. The molecule has 0 aliphatic heterocycles. The van der Waals surface area contributed by atoms with Gasteiger partial charge in [0.2, 0.25) is 0 Å². The maximum atomic E-state index is 12.2. The van der Waals surface area contributed by atoms with Crippen LogP contribution >= 0.6 is 46.4 Å². The molecule has 0 aromatic heterocycles. The van der Waals surface area contributed by atoms with Gasteiger partial charge in [0.25, 0.3) is 5.91 Å².